The second-order valence-corrected chi connectivity index (χ2v) is 5.09. The first kappa shape index (κ1) is 12.4. The fraction of sp³-hybridized carbons (Fsp3) is 0.643. The third-order valence-corrected chi connectivity index (χ3v) is 3.93. The van der Waals surface area contributed by atoms with E-state index in [2.05, 4.69) is 48.2 Å². The summed E-state index contributed by atoms with van der Waals surface area (Å²) in [5, 5.41) is 3.36. The Morgan fingerprint density at radius 2 is 2.12 bits per heavy atom. The maximum atomic E-state index is 4.46. The van der Waals surface area contributed by atoms with Crippen molar-refractivity contribution >= 4 is 5.82 Å². The molecule has 0 aliphatic carbocycles. The minimum absolute atomic E-state index is 0.627. The Labute approximate surface area is 104 Å². The predicted octanol–water partition coefficient (Wildman–Crippen LogP) is 2.21. The van der Waals surface area contributed by atoms with E-state index in [4.69, 9.17) is 0 Å². The Balaban J connectivity index is 1.95. The maximum Gasteiger partial charge on any atom is 0.128 e. The summed E-state index contributed by atoms with van der Waals surface area (Å²) in [5.41, 5.74) is 1.29. The Kier molecular flexibility index (Phi) is 4.00. The molecule has 2 heterocycles. The average molecular weight is 233 g/mol. The highest BCUT2D eigenvalue weighted by Crippen LogP contribution is 2.24. The molecule has 1 aliphatic rings. The number of anilines is 1. The lowest BCUT2D eigenvalue weighted by Gasteiger charge is -2.35. The lowest BCUT2D eigenvalue weighted by Crippen LogP contribution is -2.41. The number of hydrogen-bond acceptors (Lipinski definition) is 3. The molecule has 0 aromatic carbocycles. The molecule has 1 fully saturated rings. The van der Waals surface area contributed by atoms with Gasteiger partial charge in [0.1, 0.15) is 5.82 Å². The Morgan fingerprint density at radius 1 is 1.41 bits per heavy atom. The zero-order valence-electron chi connectivity index (χ0n) is 11.1. The molecule has 1 saturated heterocycles. The van der Waals surface area contributed by atoms with Gasteiger partial charge in [-0.15, -0.1) is 0 Å². The summed E-state index contributed by atoms with van der Waals surface area (Å²) in [6.45, 7) is 6.67. The first-order chi connectivity index (χ1) is 8.20. The van der Waals surface area contributed by atoms with Gasteiger partial charge >= 0.3 is 0 Å². The second-order valence-electron chi connectivity index (χ2n) is 5.09. The zero-order chi connectivity index (χ0) is 12.3. The second kappa shape index (κ2) is 5.50. The number of pyridine rings is 1. The third-order valence-electron chi connectivity index (χ3n) is 3.93. The molecule has 0 saturated carbocycles. The van der Waals surface area contributed by atoms with Gasteiger partial charge in [0, 0.05) is 25.3 Å². The van der Waals surface area contributed by atoms with E-state index in [1.54, 1.807) is 0 Å². The van der Waals surface area contributed by atoms with E-state index < -0.39 is 0 Å². The highest BCUT2D eigenvalue weighted by molar-refractivity contribution is 5.40. The smallest absolute Gasteiger partial charge is 0.128 e. The van der Waals surface area contributed by atoms with Crippen molar-refractivity contribution in [3.05, 3.63) is 23.9 Å². The quantitative estimate of drug-likeness (QED) is 0.867. The molecule has 3 nitrogen and oxygen atoms in total. The van der Waals surface area contributed by atoms with E-state index in [-0.39, 0.29) is 0 Å². The lowest BCUT2D eigenvalue weighted by atomic mass is 9.90. The molecule has 0 bridgehead atoms. The zero-order valence-corrected chi connectivity index (χ0v) is 11.1. The minimum atomic E-state index is 0.627. The van der Waals surface area contributed by atoms with E-state index in [1.165, 1.54) is 18.4 Å². The molecule has 1 aromatic heterocycles. The number of aryl methyl sites for hydroxylation is 1. The van der Waals surface area contributed by atoms with Crippen LogP contribution in [0.2, 0.25) is 0 Å². The molecule has 1 unspecified atom stereocenters. The standard InChI is InChI=1S/C14H23N3/c1-11-4-7-16-14(10-11)17-8-5-13(6-9-17)12(2)15-3/h4,7,10,12-13,15H,5-6,8-9H2,1-3H3. The van der Waals surface area contributed by atoms with Crippen LogP contribution in [0.4, 0.5) is 5.82 Å². The molecule has 3 heteroatoms. The Morgan fingerprint density at radius 3 is 2.71 bits per heavy atom. The summed E-state index contributed by atoms with van der Waals surface area (Å²) in [7, 11) is 2.05. The van der Waals surface area contributed by atoms with Gasteiger partial charge in [0.05, 0.1) is 0 Å². The first-order valence-corrected chi connectivity index (χ1v) is 6.55. The normalized spacial score (nSPS) is 19.4. The fourth-order valence-corrected chi connectivity index (χ4v) is 2.56. The summed E-state index contributed by atoms with van der Waals surface area (Å²) in [6.07, 6.45) is 4.43. The van der Waals surface area contributed by atoms with Gasteiger partial charge in [0.2, 0.25) is 0 Å². The van der Waals surface area contributed by atoms with Crippen molar-refractivity contribution in [1.29, 1.82) is 0 Å². The van der Waals surface area contributed by atoms with E-state index >= 15 is 0 Å². The SMILES string of the molecule is CNC(C)C1CCN(c2cc(C)ccn2)CC1. The number of aromatic nitrogens is 1. The molecular formula is C14H23N3. The highest BCUT2D eigenvalue weighted by atomic mass is 15.2. The van der Waals surface area contributed by atoms with Crippen LogP contribution >= 0.6 is 0 Å². The number of hydrogen-bond donors (Lipinski definition) is 1. The van der Waals surface area contributed by atoms with Gasteiger partial charge in [-0.3, -0.25) is 0 Å². The van der Waals surface area contributed by atoms with Crippen LogP contribution in [-0.4, -0.2) is 31.2 Å². The van der Waals surface area contributed by atoms with Crippen molar-refractivity contribution in [2.75, 3.05) is 25.0 Å². The number of piperidine rings is 1. The fourth-order valence-electron chi connectivity index (χ4n) is 2.56. The van der Waals surface area contributed by atoms with Crippen LogP contribution in [0.3, 0.4) is 0 Å². The van der Waals surface area contributed by atoms with E-state index in [1.807, 2.05) is 6.20 Å². The average Bonchev–Trinajstić information content (AvgIpc) is 2.38. The molecule has 17 heavy (non-hydrogen) atoms. The number of rotatable bonds is 3. The lowest BCUT2D eigenvalue weighted by molar-refractivity contribution is 0.323. The molecule has 1 N–H and O–H groups in total. The van der Waals surface area contributed by atoms with Gasteiger partial charge in [-0.05, 0) is 57.4 Å². The van der Waals surface area contributed by atoms with Crippen molar-refractivity contribution in [2.45, 2.75) is 32.7 Å². The van der Waals surface area contributed by atoms with Gasteiger partial charge in [-0.2, -0.15) is 0 Å². The van der Waals surface area contributed by atoms with E-state index in [9.17, 15) is 0 Å². The highest BCUT2D eigenvalue weighted by Gasteiger charge is 2.23. The molecule has 1 atom stereocenters. The molecule has 1 aliphatic heterocycles. The van der Waals surface area contributed by atoms with Crippen LogP contribution in [0.15, 0.2) is 18.3 Å². The number of nitrogens with zero attached hydrogens (tertiary/aromatic N) is 2. The van der Waals surface area contributed by atoms with Crippen LogP contribution in [-0.2, 0) is 0 Å². The largest absolute Gasteiger partial charge is 0.357 e. The molecule has 0 amide bonds. The predicted molar refractivity (Wildman–Crippen MR) is 72.4 cm³/mol. The summed E-state index contributed by atoms with van der Waals surface area (Å²) in [5.74, 6) is 1.95. The molecule has 0 spiro atoms. The molecule has 2 rings (SSSR count). The monoisotopic (exact) mass is 233 g/mol. The molecule has 1 aromatic rings. The third kappa shape index (κ3) is 2.97. The van der Waals surface area contributed by atoms with Crippen LogP contribution in [0, 0.1) is 12.8 Å². The molecule has 94 valence electrons. The van der Waals surface area contributed by atoms with Crippen molar-refractivity contribution < 1.29 is 0 Å². The van der Waals surface area contributed by atoms with Gasteiger partial charge in [0.25, 0.3) is 0 Å². The van der Waals surface area contributed by atoms with E-state index in [0.717, 1.165) is 24.8 Å². The summed E-state index contributed by atoms with van der Waals surface area (Å²) in [6, 6.07) is 4.86. The first-order valence-electron chi connectivity index (χ1n) is 6.55. The summed E-state index contributed by atoms with van der Waals surface area (Å²) >= 11 is 0. The summed E-state index contributed by atoms with van der Waals surface area (Å²) < 4.78 is 0. The van der Waals surface area contributed by atoms with Crippen molar-refractivity contribution in [3.8, 4) is 0 Å². The van der Waals surface area contributed by atoms with Crippen molar-refractivity contribution in [3.63, 3.8) is 0 Å². The number of nitrogens with one attached hydrogen (secondary N) is 1. The topological polar surface area (TPSA) is 28.2 Å². The Hall–Kier alpha value is -1.09. The minimum Gasteiger partial charge on any atom is -0.357 e. The molecular weight excluding hydrogens is 210 g/mol. The van der Waals surface area contributed by atoms with Gasteiger partial charge < -0.3 is 10.2 Å². The summed E-state index contributed by atoms with van der Waals surface area (Å²) in [4.78, 5) is 6.87. The van der Waals surface area contributed by atoms with Crippen LogP contribution in [0.5, 0.6) is 0 Å². The Bertz CT molecular complexity index is 356. The van der Waals surface area contributed by atoms with Crippen LogP contribution in [0.1, 0.15) is 25.3 Å². The van der Waals surface area contributed by atoms with E-state index in [0.29, 0.717) is 6.04 Å². The molecule has 0 radical (unpaired) electrons. The van der Waals surface area contributed by atoms with Crippen molar-refractivity contribution in [2.24, 2.45) is 5.92 Å². The van der Waals surface area contributed by atoms with Crippen LogP contribution < -0.4 is 10.2 Å². The maximum absolute atomic E-state index is 4.46. The van der Waals surface area contributed by atoms with Gasteiger partial charge in [-0.25, -0.2) is 4.98 Å². The van der Waals surface area contributed by atoms with Crippen molar-refractivity contribution in [1.82, 2.24) is 10.3 Å². The van der Waals surface area contributed by atoms with Gasteiger partial charge in [-0.1, -0.05) is 0 Å². The van der Waals surface area contributed by atoms with Gasteiger partial charge in [0.15, 0.2) is 0 Å². The van der Waals surface area contributed by atoms with Crippen LogP contribution in [0.25, 0.3) is 0 Å².